The first kappa shape index (κ1) is 18.9. The van der Waals surface area contributed by atoms with Gasteiger partial charge in [0.25, 0.3) is 0 Å². The average molecular weight is 419 g/mol. The zero-order chi connectivity index (χ0) is 22.4. The van der Waals surface area contributed by atoms with Crippen LogP contribution >= 0.6 is 0 Å². The number of fused-ring (bicyclic) bond motifs is 5. The molecule has 0 saturated heterocycles. The van der Waals surface area contributed by atoms with Crippen molar-refractivity contribution in [1.29, 1.82) is 0 Å². The van der Waals surface area contributed by atoms with Gasteiger partial charge in [-0.05, 0) is 46.2 Å². The zero-order valence-corrected chi connectivity index (χ0v) is 17.7. The van der Waals surface area contributed by atoms with Gasteiger partial charge in [-0.1, -0.05) is 78.9 Å². The molecule has 0 bridgehead atoms. The molecule has 1 heterocycles. The molecule has 0 N–H and O–H groups in total. The normalized spacial score (nSPS) is 11.0. The maximum Gasteiger partial charge on any atom is 0.196 e. The van der Waals surface area contributed by atoms with Crippen molar-refractivity contribution in [3.63, 3.8) is 0 Å². The van der Waals surface area contributed by atoms with Gasteiger partial charge < -0.3 is 4.57 Å². The topological polar surface area (TPSA) is 13.6 Å². The maximum atomic E-state index is 7.54. The molecule has 6 aromatic rings. The molecule has 1 aromatic heterocycles. The van der Waals surface area contributed by atoms with E-state index in [0.29, 0.717) is 11.4 Å². The second-order valence-corrected chi connectivity index (χ2v) is 8.01. The van der Waals surface area contributed by atoms with Crippen LogP contribution in [0.3, 0.4) is 0 Å². The number of nitrogens with zero attached hydrogens (tertiary/aromatic N) is 3. The largest absolute Gasteiger partial charge is 0.311 e. The summed E-state index contributed by atoms with van der Waals surface area (Å²) in [4.78, 5) is 7.10. The molecule has 3 nitrogen and oxygen atoms in total. The maximum absolute atomic E-state index is 7.54. The van der Waals surface area contributed by atoms with Crippen molar-refractivity contribution in [3.8, 4) is 16.8 Å². The molecule has 0 amide bonds. The highest BCUT2D eigenvalue weighted by atomic mass is 15.0. The predicted octanol–water partition coefficient (Wildman–Crippen LogP) is 8.71. The molecule has 152 valence electrons. The molecule has 0 aliphatic carbocycles. The van der Waals surface area contributed by atoms with E-state index >= 15 is 0 Å². The lowest BCUT2D eigenvalue weighted by Crippen LogP contribution is -1.93. The number of benzene rings is 5. The first-order chi connectivity index (χ1) is 16.3. The van der Waals surface area contributed by atoms with Crippen molar-refractivity contribution in [3.05, 3.63) is 126 Å². The summed E-state index contributed by atoms with van der Waals surface area (Å²) in [5, 5.41) is 4.76. The van der Waals surface area contributed by atoms with Crippen molar-refractivity contribution in [1.82, 2.24) is 4.57 Å². The molecule has 3 heteroatoms. The molecule has 0 aliphatic heterocycles. The van der Waals surface area contributed by atoms with Gasteiger partial charge in [-0.3, -0.25) is 9.69 Å². The summed E-state index contributed by atoms with van der Waals surface area (Å²) in [6.45, 7) is 14.9. The van der Waals surface area contributed by atoms with Crippen molar-refractivity contribution < 1.29 is 0 Å². The van der Waals surface area contributed by atoms with E-state index in [0.717, 1.165) is 16.7 Å². The number of aromatic nitrogens is 1. The van der Waals surface area contributed by atoms with Gasteiger partial charge in [0.1, 0.15) is 0 Å². The highest BCUT2D eigenvalue weighted by Gasteiger charge is 2.16. The first-order valence-corrected chi connectivity index (χ1v) is 10.7. The second-order valence-electron chi connectivity index (χ2n) is 8.01. The van der Waals surface area contributed by atoms with Gasteiger partial charge in [0, 0.05) is 16.5 Å². The summed E-state index contributed by atoms with van der Waals surface area (Å²) >= 11 is 0. The van der Waals surface area contributed by atoms with Crippen molar-refractivity contribution in [2.45, 2.75) is 0 Å². The summed E-state index contributed by atoms with van der Waals surface area (Å²) in [5.41, 5.74) is 6.15. The third-order valence-electron chi connectivity index (χ3n) is 6.22. The third-order valence-corrected chi connectivity index (χ3v) is 6.22. The second kappa shape index (κ2) is 7.38. The Kier molecular flexibility index (Phi) is 4.22. The molecule has 0 spiro atoms. The van der Waals surface area contributed by atoms with Gasteiger partial charge in [-0.15, -0.1) is 0 Å². The molecule has 0 radical (unpaired) electrons. The molecule has 6 rings (SSSR count). The van der Waals surface area contributed by atoms with Crippen LogP contribution < -0.4 is 0 Å². The Morgan fingerprint density at radius 3 is 2.12 bits per heavy atom. The van der Waals surface area contributed by atoms with Crippen LogP contribution in [0.2, 0.25) is 0 Å². The van der Waals surface area contributed by atoms with Crippen molar-refractivity contribution >= 4 is 44.0 Å². The number of hydrogen-bond donors (Lipinski definition) is 0. The fourth-order valence-electron chi connectivity index (χ4n) is 4.71. The lowest BCUT2D eigenvalue weighted by molar-refractivity contribution is 1.18. The Labute approximate surface area is 191 Å². The fraction of sp³-hybridized carbons (Fsp3) is 0. The Balaban J connectivity index is 1.75. The molecule has 5 aromatic carbocycles. The Hall–Kier alpha value is -4.86. The molecule has 0 unspecified atom stereocenters. The highest BCUT2D eigenvalue weighted by molar-refractivity contribution is 6.21. The van der Waals surface area contributed by atoms with E-state index in [1.807, 2.05) is 18.2 Å². The lowest BCUT2D eigenvalue weighted by atomic mass is 10.0. The molecular weight excluding hydrogens is 402 g/mol. The summed E-state index contributed by atoms with van der Waals surface area (Å²) in [5.74, 6) is 0. The minimum atomic E-state index is 0.374. The number of hydrogen-bond acceptors (Lipinski definition) is 0. The van der Waals surface area contributed by atoms with Crippen LogP contribution in [0.5, 0.6) is 0 Å². The summed E-state index contributed by atoms with van der Waals surface area (Å²) in [7, 11) is 0. The number of rotatable bonds is 2. The first-order valence-electron chi connectivity index (χ1n) is 10.7. The highest BCUT2D eigenvalue weighted by Crippen LogP contribution is 2.40. The fourth-order valence-corrected chi connectivity index (χ4v) is 4.71. The molecule has 33 heavy (non-hydrogen) atoms. The molecule has 0 atom stereocenters. The van der Waals surface area contributed by atoms with Crippen LogP contribution in [0, 0.1) is 13.1 Å². The van der Waals surface area contributed by atoms with Gasteiger partial charge in [-0.25, -0.2) is 0 Å². The van der Waals surface area contributed by atoms with Crippen LogP contribution in [0.15, 0.2) is 103 Å². The SMILES string of the molecule is [C-]#[N+]c1ccc(-n2c3ccc(-c4ccccc4)cc3c3c4ccccc4ccc32)cc1[N+]#[C-]. The standard InChI is InChI=1S/C30H17N3/c1-31-26-15-14-23(19-27(26)32-2)33-28-16-13-22(20-8-4-3-5-9-20)18-25(28)30-24-11-7-6-10-21(24)12-17-29(30)33/h3-19H. The van der Waals surface area contributed by atoms with Gasteiger partial charge >= 0.3 is 0 Å². The minimum absolute atomic E-state index is 0.374. The molecule has 0 saturated carbocycles. The predicted molar refractivity (Wildman–Crippen MR) is 136 cm³/mol. The molecule has 0 aliphatic rings. The van der Waals surface area contributed by atoms with Crippen LogP contribution in [0.25, 0.3) is 59.1 Å². The zero-order valence-electron chi connectivity index (χ0n) is 17.7. The van der Waals surface area contributed by atoms with Gasteiger partial charge in [0.2, 0.25) is 0 Å². The van der Waals surface area contributed by atoms with Crippen LogP contribution in [-0.4, -0.2) is 4.57 Å². The Morgan fingerprint density at radius 2 is 1.30 bits per heavy atom. The monoisotopic (exact) mass is 419 g/mol. The van der Waals surface area contributed by atoms with E-state index in [4.69, 9.17) is 13.1 Å². The van der Waals surface area contributed by atoms with E-state index < -0.39 is 0 Å². The Bertz CT molecular complexity index is 1780. The van der Waals surface area contributed by atoms with Gasteiger partial charge in [0.15, 0.2) is 11.4 Å². The van der Waals surface area contributed by atoms with Gasteiger partial charge in [0.05, 0.1) is 24.2 Å². The van der Waals surface area contributed by atoms with Gasteiger partial charge in [-0.2, -0.15) is 0 Å². The third kappa shape index (κ3) is 2.88. The average Bonchev–Trinajstić information content (AvgIpc) is 3.23. The quantitative estimate of drug-likeness (QED) is 0.249. The van der Waals surface area contributed by atoms with Crippen molar-refractivity contribution in [2.75, 3.05) is 0 Å². The van der Waals surface area contributed by atoms with Crippen LogP contribution in [0.1, 0.15) is 0 Å². The summed E-state index contributed by atoms with van der Waals surface area (Å²) in [6.07, 6.45) is 0. The lowest BCUT2D eigenvalue weighted by Gasteiger charge is -2.10. The van der Waals surface area contributed by atoms with E-state index in [-0.39, 0.29) is 0 Å². The van der Waals surface area contributed by atoms with Crippen LogP contribution in [-0.2, 0) is 0 Å². The van der Waals surface area contributed by atoms with E-state index in [1.165, 1.54) is 32.7 Å². The summed E-state index contributed by atoms with van der Waals surface area (Å²) in [6, 6.07) is 35.2. The van der Waals surface area contributed by atoms with Crippen LogP contribution in [0.4, 0.5) is 11.4 Å². The van der Waals surface area contributed by atoms with E-state index in [9.17, 15) is 0 Å². The Morgan fingerprint density at radius 1 is 0.545 bits per heavy atom. The summed E-state index contributed by atoms with van der Waals surface area (Å²) < 4.78 is 2.20. The molecule has 0 fully saturated rings. The smallest absolute Gasteiger partial charge is 0.196 e. The molecular formula is C30H17N3. The van der Waals surface area contributed by atoms with E-state index in [2.05, 4.69) is 93.1 Å². The minimum Gasteiger partial charge on any atom is -0.311 e. The van der Waals surface area contributed by atoms with E-state index in [1.54, 1.807) is 6.07 Å². The van der Waals surface area contributed by atoms with Crippen molar-refractivity contribution in [2.24, 2.45) is 0 Å².